The fraction of sp³-hybridized carbons (Fsp3) is 1.00. The van der Waals surface area contributed by atoms with E-state index in [0.717, 1.165) is 25.5 Å². The second-order valence-corrected chi connectivity index (χ2v) is 5.05. The molecule has 1 unspecified atom stereocenters. The van der Waals surface area contributed by atoms with Crippen LogP contribution in [0.2, 0.25) is 0 Å². The van der Waals surface area contributed by atoms with Gasteiger partial charge in [0.05, 0.1) is 26.4 Å². The van der Waals surface area contributed by atoms with Crippen LogP contribution in [0.1, 0.15) is 32.1 Å². The molecule has 0 radical (unpaired) electrons. The molecule has 1 atom stereocenters. The predicted octanol–water partition coefficient (Wildman–Crippen LogP) is 1.82. The van der Waals surface area contributed by atoms with Crippen LogP contribution in [0, 0.1) is 11.8 Å². The third kappa shape index (κ3) is 6.69. The fourth-order valence-electron chi connectivity index (χ4n) is 2.67. The molecule has 0 heterocycles. The number of methoxy groups -OCH3 is 1. The van der Waals surface area contributed by atoms with Gasteiger partial charge in [-0.15, -0.1) is 0 Å². The van der Waals surface area contributed by atoms with Gasteiger partial charge in [0.25, 0.3) is 0 Å². The molecule has 1 aliphatic rings. The molecule has 4 nitrogen and oxygen atoms in total. The van der Waals surface area contributed by atoms with Crippen molar-refractivity contribution in [3.8, 4) is 0 Å². The van der Waals surface area contributed by atoms with Crippen molar-refractivity contribution >= 4 is 0 Å². The van der Waals surface area contributed by atoms with Crippen LogP contribution in [0.5, 0.6) is 0 Å². The van der Waals surface area contributed by atoms with E-state index < -0.39 is 0 Å². The summed E-state index contributed by atoms with van der Waals surface area (Å²) in [4.78, 5) is 0. The topological polar surface area (TPSA) is 53.7 Å². The van der Waals surface area contributed by atoms with Crippen molar-refractivity contribution in [2.24, 2.45) is 17.6 Å². The van der Waals surface area contributed by atoms with E-state index in [1.165, 1.54) is 25.7 Å². The lowest BCUT2D eigenvalue weighted by atomic mass is 9.88. The van der Waals surface area contributed by atoms with E-state index in [-0.39, 0.29) is 0 Å². The average Bonchev–Trinajstić information content (AvgIpc) is 2.91. The summed E-state index contributed by atoms with van der Waals surface area (Å²) in [5.74, 6) is 1.50. The van der Waals surface area contributed by atoms with E-state index in [9.17, 15) is 0 Å². The van der Waals surface area contributed by atoms with Gasteiger partial charge in [-0.2, -0.15) is 0 Å². The predicted molar refractivity (Wildman–Crippen MR) is 72.6 cm³/mol. The number of hydrogen-bond donors (Lipinski definition) is 1. The van der Waals surface area contributed by atoms with Crippen LogP contribution in [0.25, 0.3) is 0 Å². The first-order chi connectivity index (χ1) is 8.88. The van der Waals surface area contributed by atoms with Crippen molar-refractivity contribution < 1.29 is 14.2 Å². The van der Waals surface area contributed by atoms with Crippen molar-refractivity contribution in [2.75, 3.05) is 46.7 Å². The second-order valence-electron chi connectivity index (χ2n) is 5.05. The molecule has 18 heavy (non-hydrogen) atoms. The van der Waals surface area contributed by atoms with E-state index in [4.69, 9.17) is 19.9 Å². The van der Waals surface area contributed by atoms with Crippen molar-refractivity contribution in [3.05, 3.63) is 0 Å². The number of nitrogens with two attached hydrogens (primary N) is 1. The highest BCUT2D eigenvalue weighted by molar-refractivity contribution is 4.75. The molecular weight excluding hydrogens is 230 g/mol. The molecule has 1 fully saturated rings. The zero-order valence-corrected chi connectivity index (χ0v) is 11.7. The maximum absolute atomic E-state index is 5.85. The molecule has 0 aromatic rings. The van der Waals surface area contributed by atoms with Gasteiger partial charge < -0.3 is 19.9 Å². The summed E-state index contributed by atoms with van der Waals surface area (Å²) in [6, 6.07) is 0. The molecule has 108 valence electrons. The Morgan fingerprint density at radius 1 is 1.00 bits per heavy atom. The third-order valence-corrected chi connectivity index (χ3v) is 3.81. The fourth-order valence-corrected chi connectivity index (χ4v) is 2.67. The van der Waals surface area contributed by atoms with Crippen LogP contribution in [-0.2, 0) is 14.2 Å². The highest BCUT2D eigenvalue weighted by Crippen LogP contribution is 2.32. The Bertz CT molecular complexity index is 184. The summed E-state index contributed by atoms with van der Waals surface area (Å²) >= 11 is 0. The minimum absolute atomic E-state index is 0.646. The van der Waals surface area contributed by atoms with Crippen LogP contribution >= 0.6 is 0 Å². The van der Waals surface area contributed by atoms with E-state index in [0.29, 0.717) is 32.3 Å². The molecule has 0 aromatic heterocycles. The first-order valence-electron chi connectivity index (χ1n) is 7.23. The van der Waals surface area contributed by atoms with Gasteiger partial charge in [0, 0.05) is 13.7 Å². The number of ether oxygens (including phenoxy) is 3. The normalized spacial score (nSPS) is 18.3. The maximum Gasteiger partial charge on any atom is 0.0701 e. The smallest absolute Gasteiger partial charge is 0.0701 e. The molecule has 0 saturated heterocycles. The largest absolute Gasteiger partial charge is 0.382 e. The summed E-state index contributed by atoms with van der Waals surface area (Å²) in [7, 11) is 1.68. The van der Waals surface area contributed by atoms with E-state index in [1.807, 2.05) is 0 Å². The number of rotatable bonds is 11. The molecule has 2 N–H and O–H groups in total. The van der Waals surface area contributed by atoms with Crippen molar-refractivity contribution in [2.45, 2.75) is 32.1 Å². The lowest BCUT2D eigenvalue weighted by molar-refractivity contribution is 0.0205. The van der Waals surface area contributed by atoms with Crippen molar-refractivity contribution in [1.29, 1.82) is 0 Å². The summed E-state index contributed by atoms with van der Waals surface area (Å²) < 4.78 is 15.8. The number of hydrogen-bond acceptors (Lipinski definition) is 4. The Morgan fingerprint density at radius 2 is 1.61 bits per heavy atom. The van der Waals surface area contributed by atoms with Crippen LogP contribution in [0.4, 0.5) is 0 Å². The Morgan fingerprint density at radius 3 is 2.22 bits per heavy atom. The molecular formula is C14H29NO3. The van der Waals surface area contributed by atoms with Gasteiger partial charge >= 0.3 is 0 Å². The van der Waals surface area contributed by atoms with Gasteiger partial charge in [-0.05, 0) is 24.8 Å². The minimum Gasteiger partial charge on any atom is -0.382 e. The Balaban J connectivity index is 1.92. The maximum atomic E-state index is 5.85. The van der Waals surface area contributed by atoms with Crippen molar-refractivity contribution in [1.82, 2.24) is 0 Å². The molecule has 0 aromatic carbocycles. The Hall–Kier alpha value is -0.160. The quantitative estimate of drug-likeness (QED) is 0.575. The van der Waals surface area contributed by atoms with Crippen LogP contribution in [0.3, 0.4) is 0 Å². The van der Waals surface area contributed by atoms with Gasteiger partial charge in [0.15, 0.2) is 0 Å². The minimum atomic E-state index is 0.646. The lowest BCUT2D eigenvalue weighted by Crippen LogP contribution is -2.23. The van der Waals surface area contributed by atoms with E-state index >= 15 is 0 Å². The van der Waals surface area contributed by atoms with Crippen LogP contribution in [0.15, 0.2) is 0 Å². The monoisotopic (exact) mass is 259 g/mol. The molecule has 1 saturated carbocycles. The molecule has 0 bridgehead atoms. The molecule has 0 aliphatic heterocycles. The van der Waals surface area contributed by atoms with Crippen LogP contribution < -0.4 is 5.73 Å². The highest BCUT2D eigenvalue weighted by atomic mass is 16.5. The third-order valence-electron chi connectivity index (χ3n) is 3.81. The lowest BCUT2D eigenvalue weighted by Gasteiger charge is -2.21. The van der Waals surface area contributed by atoms with Gasteiger partial charge in [0.2, 0.25) is 0 Å². The molecule has 4 heteroatoms. The van der Waals surface area contributed by atoms with Gasteiger partial charge in [-0.1, -0.05) is 25.7 Å². The van der Waals surface area contributed by atoms with Crippen LogP contribution in [-0.4, -0.2) is 46.7 Å². The zero-order chi connectivity index (χ0) is 13.1. The van der Waals surface area contributed by atoms with Gasteiger partial charge in [0.1, 0.15) is 0 Å². The Kier molecular flexibility index (Phi) is 9.48. The summed E-state index contributed by atoms with van der Waals surface area (Å²) in [5, 5.41) is 0. The first-order valence-corrected chi connectivity index (χ1v) is 7.23. The Labute approximate surface area is 111 Å². The van der Waals surface area contributed by atoms with Gasteiger partial charge in [-0.3, -0.25) is 0 Å². The summed E-state index contributed by atoms with van der Waals surface area (Å²) in [5.41, 5.74) is 5.85. The molecule has 1 rings (SSSR count). The standard InChI is InChI=1S/C14H29NO3/c1-16-8-9-18-11-10-17-7-6-14(12-15)13-4-2-3-5-13/h13-14H,2-12,15H2,1H3. The summed E-state index contributed by atoms with van der Waals surface area (Å²) in [6.07, 6.45) is 6.59. The SMILES string of the molecule is COCCOCCOCCC(CN)C1CCCC1. The highest BCUT2D eigenvalue weighted by Gasteiger charge is 2.23. The van der Waals surface area contributed by atoms with Gasteiger partial charge in [-0.25, -0.2) is 0 Å². The van der Waals surface area contributed by atoms with Crippen molar-refractivity contribution in [3.63, 3.8) is 0 Å². The second kappa shape index (κ2) is 10.7. The van der Waals surface area contributed by atoms with E-state index in [2.05, 4.69) is 0 Å². The zero-order valence-electron chi connectivity index (χ0n) is 11.7. The first kappa shape index (κ1) is 15.9. The van der Waals surface area contributed by atoms with E-state index in [1.54, 1.807) is 7.11 Å². The molecule has 0 amide bonds. The molecule has 0 spiro atoms. The average molecular weight is 259 g/mol. The molecule has 1 aliphatic carbocycles. The summed E-state index contributed by atoms with van der Waals surface area (Å²) in [6.45, 7) is 4.24.